The zero-order chi connectivity index (χ0) is 15.9. The first-order valence-electron chi connectivity index (χ1n) is 9.25. The number of hydrogen-bond donors (Lipinski definition) is 1. The number of nitrogens with one attached hydrogen (secondary N) is 1. The first kappa shape index (κ1) is 16.5. The van der Waals surface area contributed by atoms with Crippen LogP contribution in [0.5, 0.6) is 0 Å². The predicted octanol–water partition coefficient (Wildman–Crippen LogP) is 3.89. The van der Waals surface area contributed by atoms with Crippen molar-refractivity contribution in [2.45, 2.75) is 50.9 Å². The first-order chi connectivity index (χ1) is 11.3. The lowest BCUT2D eigenvalue weighted by Crippen LogP contribution is -2.38. The van der Waals surface area contributed by atoms with Gasteiger partial charge in [-0.15, -0.1) is 0 Å². The molecule has 1 N–H and O–H groups in total. The monoisotopic (exact) mass is 315 g/mol. The van der Waals surface area contributed by atoms with Gasteiger partial charge in [0.05, 0.1) is 6.61 Å². The Bertz CT molecular complexity index is 476. The summed E-state index contributed by atoms with van der Waals surface area (Å²) in [6.45, 7) is 2.44. The molecule has 1 aromatic rings. The van der Waals surface area contributed by atoms with E-state index in [1.54, 1.807) is 0 Å². The summed E-state index contributed by atoms with van der Waals surface area (Å²) >= 11 is 0. The predicted molar refractivity (Wildman–Crippen MR) is 92.3 cm³/mol. The second-order valence-electron chi connectivity index (χ2n) is 7.07. The maximum absolute atomic E-state index is 12.5. The van der Waals surface area contributed by atoms with Crippen molar-refractivity contribution in [1.29, 1.82) is 0 Å². The lowest BCUT2D eigenvalue weighted by molar-refractivity contribution is -0.126. The van der Waals surface area contributed by atoms with Crippen LogP contribution in [-0.2, 0) is 9.53 Å². The Morgan fingerprint density at radius 2 is 1.87 bits per heavy atom. The fourth-order valence-corrected chi connectivity index (χ4v) is 4.06. The van der Waals surface area contributed by atoms with Gasteiger partial charge in [0.2, 0.25) is 5.91 Å². The summed E-state index contributed by atoms with van der Waals surface area (Å²) in [5.74, 6) is 1.38. The Morgan fingerprint density at radius 3 is 2.57 bits per heavy atom. The first-order valence-corrected chi connectivity index (χ1v) is 9.25. The van der Waals surface area contributed by atoms with Crippen LogP contribution in [-0.4, -0.2) is 25.7 Å². The molecule has 1 heterocycles. The van der Waals surface area contributed by atoms with Crippen LogP contribution in [0.4, 0.5) is 0 Å². The molecule has 1 aliphatic carbocycles. The Kier molecular flexibility index (Phi) is 6.09. The molecule has 2 unspecified atom stereocenters. The summed E-state index contributed by atoms with van der Waals surface area (Å²) in [6, 6.07) is 10.6. The maximum Gasteiger partial charge on any atom is 0.223 e. The molecule has 1 saturated heterocycles. The number of carbonyl (C=O) groups is 1. The number of hydrogen-bond acceptors (Lipinski definition) is 2. The van der Waals surface area contributed by atoms with E-state index in [0.29, 0.717) is 11.8 Å². The Labute approximate surface area is 139 Å². The molecule has 1 amide bonds. The van der Waals surface area contributed by atoms with Crippen molar-refractivity contribution in [1.82, 2.24) is 5.32 Å². The number of rotatable bonds is 5. The zero-order valence-electron chi connectivity index (χ0n) is 14.0. The van der Waals surface area contributed by atoms with Gasteiger partial charge in [0, 0.05) is 25.0 Å². The molecular formula is C20H29NO2. The Morgan fingerprint density at radius 1 is 1.09 bits per heavy atom. The van der Waals surface area contributed by atoms with Crippen LogP contribution in [0.15, 0.2) is 30.3 Å². The Balaban J connectivity index is 1.62. The van der Waals surface area contributed by atoms with Crippen LogP contribution in [0.25, 0.3) is 0 Å². The molecular weight excluding hydrogens is 286 g/mol. The van der Waals surface area contributed by atoms with Crippen LogP contribution in [0.3, 0.4) is 0 Å². The van der Waals surface area contributed by atoms with Crippen molar-refractivity contribution in [2.75, 3.05) is 19.8 Å². The van der Waals surface area contributed by atoms with Crippen molar-refractivity contribution < 1.29 is 9.53 Å². The average Bonchev–Trinajstić information content (AvgIpc) is 2.64. The molecule has 0 radical (unpaired) electrons. The topological polar surface area (TPSA) is 38.3 Å². The molecule has 0 aromatic heterocycles. The minimum Gasteiger partial charge on any atom is -0.381 e. The van der Waals surface area contributed by atoms with Crippen molar-refractivity contribution in [2.24, 2.45) is 11.8 Å². The van der Waals surface area contributed by atoms with Crippen LogP contribution < -0.4 is 5.32 Å². The SMILES string of the molecule is O=C(NCC(c1ccccc1)C1CCCOC1)C1CCCCC1. The summed E-state index contributed by atoms with van der Waals surface area (Å²) < 4.78 is 5.69. The van der Waals surface area contributed by atoms with Gasteiger partial charge in [-0.05, 0) is 37.2 Å². The van der Waals surface area contributed by atoms with E-state index in [4.69, 9.17) is 4.74 Å². The van der Waals surface area contributed by atoms with E-state index in [1.165, 1.54) is 31.2 Å². The molecule has 3 rings (SSSR count). The second-order valence-corrected chi connectivity index (χ2v) is 7.07. The highest BCUT2D eigenvalue weighted by Gasteiger charge is 2.27. The van der Waals surface area contributed by atoms with Crippen LogP contribution in [0.2, 0.25) is 0 Å². The molecule has 126 valence electrons. The molecule has 2 aliphatic rings. The summed E-state index contributed by atoms with van der Waals surface area (Å²) in [6.07, 6.45) is 8.15. The van der Waals surface area contributed by atoms with Crippen molar-refractivity contribution in [3.8, 4) is 0 Å². The van der Waals surface area contributed by atoms with Gasteiger partial charge in [0.1, 0.15) is 0 Å². The van der Waals surface area contributed by atoms with Crippen LogP contribution >= 0.6 is 0 Å². The quantitative estimate of drug-likeness (QED) is 0.895. The molecule has 3 nitrogen and oxygen atoms in total. The van der Waals surface area contributed by atoms with Gasteiger partial charge >= 0.3 is 0 Å². The fraction of sp³-hybridized carbons (Fsp3) is 0.650. The normalized spacial score (nSPS) is 24.1. The highest BCUT2D eigenvalue weighted by atomic mass is 16.5. The molecule has 23 heavy (non-hydrogen) atoms. The lowest BCUT2D eigenvalue weighted by atomic mass is 9.82. The summed E-state index contributed by atoms with van der Waals surface area (Å²) in [5.41, 5.74) is 1.33. The largest absolute Gasteiger partial charge is 0.381 e. The van der Waals surface area contributed by atoms with E-state index in [0.717, 1.165) is 39.0 Å². The molecule has 2 atom stereocenters. The van der Waals surface area contributed by atoms with Gasteiger partial charge in [0.15, 0.2) is 0 Å². The molecule has 0 spiro atoms. The molecule has 2 fully saturated rings. The third-order valence-electron chi connectivity index (χ3n) is 5.46. The second kappa shape index (κ2) is 8.49. The van der Waals surface area contributed by atoms with Crippen molar-refractivity contribution in [3.63, 3.8) is 0 Å². The Hall–Kier alpha value is -1.35. The van der Waals surface area contributed by atoms with Crippen molar-refractivity contribution >= 4 is 5.91 Å². The average molecular weight is 315 g/mol. The number of benzene rings is 1. The summed E-state index contributed by atoms with van der Waals surface area (Å²) in [5, 5.41) is 3.25. The minimum atomic E-state index is 0.239. The van der Waals surface area contributed by atoms with E-state index < -0.39 is 0 Å². The maximum atomic E-state index is 12.5. The number of amides is 1. The third kappa shape index (κ3) is 4.57. The van der Waals surface area contributed by atoms with E-state index in [9.17, 15) is 4.79 Å². The van der Waals surface area contributed by atoms with Gasteiger partial charge in [-0.2, -0.15) is 0 Å². The van der Waals surface area contributed by atoms with E-state index in [-0.39, 0.29) is 11.8 Å². The van der Waals surface area contributed by atoms with E-state index >= 15 is 0 Å². The molecule has 1 aromatic carbocycles. The number of carbonyl (C=O) groups excluding carboxylic acids is 1. The number of ether oxygens (including phenoxy) is 1. The smallest absolute Gasteiger partial charge is 0.223 e. The van der Waals surface area contributed by atoms with Crippen LogP contribution in [0, 0.1) is 11.8 Å². The van der Waals surface area contributed by atoms with Gasteiger partial charge in [-0.3, -0.25) is 4.79 Å². The zero-order valence-corrected chi connectivity index (χ0v) is 14.0. The van der Waals surface area contributed by atoms with E-state index in [2.05, 4.69) is 35.6 Å². The van der Waals surface area contributed by atoms with Crippen molar-refractivity contribution in [3.05, 3.63) is 35.9 Å². The van der Waals surface area contributed by atoms with Gasteiger partial charge in [-0.1, -0.05) is 49.6 Å². The third-order valence-corrected chi connectivity index (χ3v) is 5.46. The van der Waals surface area contributed by atoms with Crippen LogP contribution in [0.1, 0.15) is 56.4 Å². The van der Waals surface area contributed by atoms with Gasteiger partial charge in [-0.25, -0.2) is 0 Å². The minimum absolute atomic E-state index is 0.239. The van der Waals surface area contributed by atoms with E-state index in [1.807, 2.05) is 0 Å². The molecule has 1 saturated carbocycles. The highest BCUT2D eigenvalue weighted by Crippen LogP contribution is 2.31. The lowest BCUT2D eigenvalue weighted by Gasteiger charge is -2.31. The standard InChI is InChI=1S/C20H29NO2/c22-20(17-10-5-2-6-11-17)21-14-19(16-8-3-1-4-9-16)18-12-7-13-23-15-18/h1,3-4,8-9,17-19H,2,5-7,10-15H2,(H,21,22). The molecule has 0 bridgehead atoms. The summed E-state index contributed by atoms with van der Waals surface area (Å²) in [7, 11) is 0. The fourth-order valence-electron chi connectivity index (χ4n) is 4.06. The van der Waals surface area contributed by atoms with Gasteiger partial charge in [0.25, 0.3) is 0 Å². The highest BCUT2D eigenvalue weighted by molar-refractivity contribution is 5.78. The molecule has 1 aliphatic heterocycles. The summed E-state index contributed by atoms with van der Waals surface area (Å²) in [4.78, 5) is 12.5. The van der Waals surface area contributed by atoms with Gasteiger partial charge < -0.3 is 10.1 Å². The molecule has 3 heteroatoms.